The molecule has 1 fully saturated rings. The van der Waals surface area contributed by atoms with Crippen LogP contribution in [0.2, 0.25) is 18.1 Å². The molecule has 2 atom stereocenters. The van der Waals surface area contributed by atoms with Crippen molar-refractivity contribution in [3.05, 3.63) is 11.8 Å². The molecule has 5 heteroatoms. The van der Waals surface area contributed by atoms with Crippen molar-refractivity contribution in [1.82, 2.24) is 5.32 Å². The second-order valence-corrected chi connectivity index (χ2v) is 12.1. The first-order valence-corrected chi connectivity index (χ1v) is 10.8. The Morgan fingerprint density at radius 2 is 2.05 bits per heavy atom. The Hall–Kier alpha value is -0.813. The molecule has 0 amide bonds. The van der Waals surface area contributed by atoms with E-state index in [0.29, 0.717) is 6.61 Å². The van der Waals surface area contributed by atoms with Gasteiger partial charge in [0, 0.05) is 17.8 Å². The highest BCUT2D eigenvalue weighted by Gasteiger charge is 2.40. The van der Waals surface area contributed by atoms with Crippen LogP contribution >= 0.6 is 0 Å². The number of ether oxygens (including phenoxy) is 1. The minimum atomic E-state index is -1.75. The molecule has 0 radical (unpaired) electrons. The zero-order valence-electron chi connectivity index (χ0n) is 14.6. The maximum atomic E-state index is 11.5. The summed E-state index contributed by atoms with van der Waals surface area (Å²) in [5.74, 6) is -0.268. The number of nitrogens with one attached hydrogen (secondary N) is 1. The van der Waals surface area contributed by atoms with Crippen molar-refractivity contribution in [1.29, 1.82) is 0 Å². The Bertz CT molecular complexity index is 399. The normalized spacial score (nSPS) is 25.6. The number of allylic oxidation sites excluding steroid dienone is 1. The van der Waals surface area contributed by atoms with Crippen LogP contribution in [0.3, 0.4) is 0 Å². The topological polar surface area (TPSA) is 47.6 Å². The summed E-state index contributed by atoms with van der Waals surface area (Å²) in [5.41, 5.74) is 0.955. The summed E-state index contributed by atoms with van der Waals surface area (Å²) in [7, 11) is -1.75. The Balaban J connectivity index is 2.64. The van der Waals surface area contributed by atoms with Crippen molar-refractivity contribution in [2.45, 2.75) is 77.7 Å². The summed E-state index contributed by atoms with van der Waals surface area (Å²) in [6, 6.07) is 0.216. The number of carbonyl (C=O) groups is 1. The zero-order valence-corrected chi connectivity index (χ0v) is 15.6. The van der Waals surface area contributed by atoms with Gasteiger partial charge in [0.2, 0.25) is 0 Å². The lowest BCUT2D eigenvalue weighted by molar-refractivity contribution is -0.137. The number of carbonyl (C=O) groups excluding carboxylic acids is 1. The fourth-order valence-electron chi connectivity index (χ4n) is 2.16. The Kier molecular flexibility index (Phi) is 6.05. The summed E-state index contributed by atoms with van der Waals surface area (Å²) in [4.78, 5) is 11.5. The maximum absolute atomic E-state index is 11.5. The molecule has 1 saturated heterocycles. The molecule has 0 spiro atoms. The predicted molar refractivity (Wildman–Crippen MR) is 88.6 cm³/mol. The molecular formula is C16H31NO3Si. The molecule has 0 aliphatic carbocycles. The van der Waals surface area contributed by atoms with Gasteiger partial charge in [0.15, 0.2) is 8.32 Å². The van der Waals surface area contributed by atoms with Crippen LogP contribution in [0, 0.1) is 0 Å². The van der Waals surface area contributed by atoms with E-state index in [1.54, 1.807) is 6.08 Å². The van der Waals surface area contributed by atoms with Crippen LogP contribution in [-0.4, -0.2) is 33.0 Å². The van der Waals surface area contributed by atoms with Gasteiger partial charge in [-0.1, -0.05) is 20.8 Å². The Labute approximate surface area is 130 Å². The van der Waals surface area contributed by atoms with Gasteiger partial charge in [-0.15, -0.1) is 0 Å². The molecule has 122 valence electrons. The lowest BCUT2D eigenvalue weighted by Crippen LogP contribution is -2.51. The van der Waals surface area contributed by atoms with E-state index in [1.165, 1.54) is 0 Å². The maximum Gasteiger partial charge on any atom is 0.332 e. The molecule has 4 nitrogen and oxygen atoms in total. The lowest BCUT2D eigenvalue weighted by atomic mass is 10.0. The molecule has 1 aliphatic heterocycles. The molecule has 0 aromatic carbocycles. The highest BCUT2D eigenvalue weighted by molar-refractivity contribution is 6.74. The molecule has 0 bridgehead atoms. The van der Waals surface area contributed by atoms with Gasteiger partial charge in [-0.25, -0.2) is 4.79 Å². The average Bonchev–Trinajstić information content (AvgIpc) is 2.31. The molecule has 0 saturated carbocycles. The van der Waals surface area contributed by atoms with Crippen molar-refractivity contribution in [2.75, 3.05) is 6.61 Å². The van der Waals surface area contributed by atoms with Crippen LogP contribution in [0.15, 0.2) is 11.8 Å². The van der Waals surface area contributed by atoms with Gasteiger partial charge in [-0.05, 0) is 44.8 Å². The molecule has 21 heavy (non-hydrogen) atoms. The summed E-state index contributed by atoms with van der Waals surface area (Å²) in [5, 5.41) is 3.60. The van der Waals surface area contributed by atoms with Crippen molar-refractivity contribution >= 4 is 14.3 Å². The highest BCUT2D eigenvalue weighted by atomic mass is 28.4. The molecule has 0 unspecified atom stereocenters. The predicted octanol–water partition coefficient (Wildman–Crippen LogP) is 3.60. The van der Waals surface area contributed by atoms with Crippen molar-refractivity contribution < 1.29 is 14.0 Å². The summed E-state index contributed by atoms with van der Waals surface area (Å²) in [6.07, 6.45) is 3.57. The van der Waals surface area contributed by atoms with Crippen LogP contribution in [0.5, 0.6) is 0 Å². The number of hydrogen-bond donors (Lipinski definition) is 1. The van der Waals surface area contributed by atoms with Crippen molar-refractivity contribution in [2.24, 2.45) is 0 Å². The van der Waals surface area contributed by atoms with Crippen LogP contribution in [0.4, 0.5) is 0 Å². The summed E-state index contributed by atoms with van der Waals surface area (Å²) < 4.78 is 11.4. The average molecular weight is 314 g/mol. The largest absolute Gasteiger partial charge is 0.463 e. The van der Waals surface area contributed by atoms with Gasteiger partial charge >= 0.3 is 5.97 Å². The second-order valence-electron chi connectivity index (χ2n) is 7.31. The number of esters is 1. The van der Waals surface area contributed by atoms with E-state index in [4.69, 9.17) is 9.16 Å². The fraction of sp³-hybridized carbons (Fsp3) is 0.812. The zero-order chi connectivity index (χ0) is 16.3. The standard InChI is InChI=1S/C16H31NO3Si/c1-8-19-15(18)11-13-9-10-14(12(2)17-13)20-21(6,7)16(3,4)5/h11-12,14,17H,8-10H2,1-7H3/b13-11-/t12-,14-/m0/s1. The third-order valence-electron chi connectivity index (χ3n) is 4.50. The monoisotopic (exact) mass is 313 g/mol. The van der Waals surface area contributed by atoms with Crippen LogP contribution in [0.1, 0.15) is 47.5 Å². The van der Waals surface area contributed by atoms with E-state index >= 15 is 0 Å². The lowest BCUT2D eigenvalue weighted by Gasteiger charge is -2.43. The molecule has 1 aliphatic rings. The van der Waals surface area contributed by atoms with E-state index in [0.717, 1.165) is 18.5 Å². The number of piperidine rings is 1. The van der Waals surface area contributed by atoms with Crippen LogP contribution in [-0.2, 0) is 14.0 Å². The number of rotatable bonds is 4. The van der Waals surface area contributed by atoms with Gasteiger partial charge in [0.25, 0.3) is 0 Å². The second kappa shape index (κ2) is 6.96. The van der Waals surface area contributed by atoms with Crippen molar-refractivity contribution in [3.63, 3.8) is 0 Å². The molecule has 1 rings (SSSR count). The fourth-order valence-corrected chi connectivity index (χ4v) is 3.59. The summed E-state index contributed by atoms with van der Waals surface area (Å²) >= 11 is 0. The van der Waals surface area contributed by atoms with E-state index in [1.807, 2.05) is 6.92 Å². The quantitative estimate of drug-likeness (QED) is 0.489. The van der Waals surface area contributed by atoms with E-state index in [2.05, 4.69) is 46.1 Å². The van der Waals surface area contributed by atoms with E-state index < -0.39 is 8.32 Å². The molecule has 0 aromatic rings. The first-order valence-electron chi connectivity index (χ1n) is 7.88. The van der Waals surface area contributed by atoms with Crippen LogP contribution < -0.4 is 5.32 Å². The van der Waals surface area contributed by atoms with Crippen molar-refractivity contribution in [3.8, 4) is 0 Å². The third-order valence-corrected chi connectivity index (χ3v) is 9.00. The molecular weight excluding hydrogens is 282 g/mol. The summed E-state index contributed by atoms with van der Waals surface area (Å²) in [6.45, 7) is 15.7. The first-order chi connectivity index (χ1) is 9.56. The van der Waals surface area contributed by atoms with E-state index in [-0.39, 0.29) is 23.2 Å². The Morgan fingerprint density at radius 1 is 1.43 bits per heavy atom. The highest BCUT2D eigenvalue weighted by Crippen LogP contribution is 2.38. The third kappa shape index (κ3) is 5.15. The number of hydrogen-bond acceptors (Lipinski definition) is 4. The van der Waals surface area contributed by atoms with Gasteiger partial charge in [-0.3, -0.25) is 0 Å². The van der Waals surface area contributed by atoms with Crippen LogP contribution in [0.25, 0.3) is 0 Å². The van der Waals surface area contributed by atoms with Gasteiger partial charge in [0.05, 0.1) is 12.7 Å². The van der Waals surface area contributed by atoms with E-state index in [9.17, 15) is 4.79 Å². The minimum absolute atomic E-state index is 0.213. The first kappa shape index (κ1) is 18.2. The molecule has 0 aromatic heterocycles. The van der Waals surface area contributed by atoms with Gasteiger partial charge in [0.1, 0.15) is 0 Å². The molecule has 1 heterocycles. The van der Waals surface area contributed by atoms with Gasteiger partial charge in [-0.2, -0.15) is 0 Å². The molecule has 1 N–H and O–H groups in total. The minimum Gasteiger partial charge on any atom is -0.463 e. The smallest absolute Gasteiger partial charge is 0.332 e. The van der Waals surface area contributed by atoms with Gasteiger partial charge < -0.3 is 14.5 Å². The SMILES string of the molecule is CCOC(=O)/C=C1/CC[C@H](O[Si](C)(C)C(C)(C)C)[C@H](C)N1. The Morgan fingerprint density at radius 3 is 2.52 bits per heavy atom.